The summed E-state index contributed by atoms with van der Waals surface area (Å²) in [5, 5.41) is 152. The van der Waals surface area contributed by atoms with Crippen molar-refractivity contribution >= 4 is 30.0 Å². The Morgan fingerprint density at radius 2 is 1.05 bits per heavy atom. The number of hydrogen-bond donors (Lipinski definition) is 14. The van der Waals surface area contributed by atoms with E-state index in [1.54, 1.807) is 6.07 Å². The second kappa shape index (κ2) is 28.0. The smallest absolute Gasteiger partial charge is 0.338 e. The molecule has 81 heavy (non-hydrogen) atoms. The van der Waals surface area contributed by atoms with Gasteiger partial charge in [0.15, 0.2) is 37.4 Å². The third-order valence-corrected chi connectivity index (χ3v) is 13.7. The number of esters is 4. The van der Waals surface area contributed by atoms with E-state index in [-0.39, 0.29) is 11.3 Å². The van der Waals surface area contributed by atoms with E-state index >= 15 is 0 Å². The highest BCUT2D eigenvalue weighted by molar-refractivity contribution is 5.89. The number of hydrogen-bond acceptors (Lipinski definition) is 31. The number of phenols is 1. The summed E-state index contributed by atoms with van der Waals surface area (Å²) in [4.78, 5) is 52.5. The van der Waals surface area contributed by atoms with Gasteiger partial charge in [0.25, 0.3) is 0 Å². The van der Waals surface area contributed by atoms with E-state index < -0.39 is 210 Å². The van der Waals surface area contributed by atoms with Crippen LogP contribution in [0, 0.1) is 0 Å². The predicted molar refractivity (Wildman–Crippen MR) is 256 cm³/mol. The van der Waals surface area contributed by atoms with Gasteiger partial charge < -0.3 is 133 Å². The third-order valence-electron chi connectivity index (χ3n) is 13.7. The molecule has 0 aliphatic carbocycles. The molecular weight excluding hydrogens is 1100 g/mol. The summed E-state index contributed by atoms with van der Waals surface area (Å²) in [5.74, 6) is -7.40. The summed E-state index contributed by atoms with van der Waals surface area (Å²) >= 11 is 0. The van der Waals surface area contributed by atoms with Crippen LogP contribution in [0.5, 0.6) is 5.75 Å². The Labute approximate surface area is 459 Å². The first kappa shape index (κ1) is 63.6. The number of ether oxygens (including phenoxy) is 13. The Bertz CT molecular complexity index is 2400. The van der Waals surface area contributed by atoms with E-state index in [4.69, 9.17) is 61.6 Å². The van der Waals surface area contributed by atoms with Crippen LogP contribution in [0.4, 0.5) is 0 Å². The third kappa shape index (κ3) is 14.7. The molecule has 5 aliphatic heterocycles. The van der Waals surface area contributed by atoms with Crippen molar-refractivity contribution in [2.75, 3.05) is 39.6 Å². The lowest BCUT2D eigenvalue weighted by Gasteiger charge is -2.51. The molecule has 0 aromatic heterocycles. The minimum atomic E-state index is -2.91. The maximum absolute atomic E-state index is 13.9. The molecule has 2 aromatic rings. The van der Waals surface area contributed by atoms with Crippen molar-refractivity contribution in [1.29, 1.82) is 0 Å². The minimum Gasteiger partial charge on any atom is -0.508 e. The molecule has 31 heteroatoms. The fourth-order valence-corrected chi connectivity index (χ4v) is 9.41. The average Bonchev–Trinajstić information content (AvgIpc) is 3.60. The molecule has 14 N–H and O–H groups in total. The molecule has 0 unspecified atom stereocenters. The zero-order valence-electron chi connectivity index (χ0n) is 43.1. The van der Waals surface area contributed by atoms with Crippen molar-refractivity contribution in [3.8, 4) is 5.75 Å². The molecule has 0 radical (unpaired) electrons. The van der Waals surface area contributed by atoms with Gasteiger partial charge in [0, 0.05) is 19.9 Å². The van der Waals surface area contributed by atoms with E-state index in [0.29, 0.717) is 5.56 Å². The molecule has 7 rings (SSSR count). The Morgan fingerprint density at radius 1 is 0.519 bits per heavy atom. The van der Waals surface area contributed by atoms with E-state index in [1.165, 1.54) is 54.6 Å². The number of aliphatic hydroxyl groups excluding tert-OH is 13. The number of carbonyl (C=O) groups is 4. The highest BCUT2D eigenvalue weighted by Gasteiger charge is 2.64. The molecule has 5 fully saturated rings. The highest BCUT2D eigenvalue weighted by Crippen LogP contribution is 2.42. The summed E-state index contributed by atoms with van der Waals surface area (Å²) in [6.45, 7) is -4.41. The Hall–Kier alpha value is -5.02. The molecule has 5 heterocycles. The van der Waals surface area contributed by atoms with Crippen molar-refractivity contribution in [1.82, 2.24) is 0 Å². The van der Waals surface area contributed by atoms with Gasteiger partial charge in [-0.05, 0) is 35.9 Å². The quantitative estimate of drug-likeness (QED) is 0.0314. The molecule has 5 saturated heterocycles. The number of aromatic hydroxyl groups is 1. The fourth-order valence-electron chi connectivity index (χ4n) is 9.41. The molecule has 452 valence electrons. The predicted octanol–water partition coefficient (Wildman–Crippen LogP) is -6.95. The van der Waals surface area contributed by atoms with Gasteiger partial charge in [0.2, 0.25) is 5.79 Å². The molecule has 0 saturated carbocycles. The van der Waals surface area contributed by atoms with E-state index in [2.05, 4.69) is 0 Å². The van der Waals surface area contributed by atoms with Crippen molar-refractivity contribution in [3.05, 3.63) is 71.8 Å². The highest BCUT2D eigenvalue weighted by atomic mass is 16.8. The van der Waals surface area contributed by atoms with Crippen molar-refractivity contribution in [2.24, 2.45) is 0 Å². The SMILES string of the molecule is CC(=O)OC[C@H]1O[C@H](O[C@@H]2[C@@H](O[C@@H]3O[C@H](CO)[C@@H](O)[C@H](O)[C@H]3O)[C@@H](O[C@]3(COC(=O)/C=C/c4ccc(O)cc4)O[C@H](CO)[C@@H](O)[C@@H]3OC(=O)c3ccccc3)O[C@H](CO)[C@H]2OC(C)=O)[C@H](O)[C@@H](O[C@H]2O[C@H](CO)[C@@H](O)[C@H](O)[C@H]2O)[C@@H]1O. The number of benzene rings is 2. The molecule has 0 spiro atoms. The van der Waals surface area contributed by atoms with E-state index in [0.717, 1.165) is 19.9 Å². The second-order valence-electron chi connectivity index (χ2n) is 19.3. The topological polar surface area (TPSA) is 471 Å². The van der Waals surface area contributed by atoms with Crippen LogP contribution in [0.2, 0.25) is 0 Å². The fraction of sp³-hybridized carbons (Fsp3) is 0.640. The first-order valence-corrected chi connectivity index (χ1v) is 25.2. The zero-order valence-corrected chi connectivity index (χ0v) is 43.1. The van der Waals surface area contributed by atoms with Gasteiger partial charge in [-0.15, -0.1) is 0 Å². The Kier molecular flexibility index (Phi) is 22.0. The van der Waals surface area contributed by atoms with Gasteiger partial charge in [-0.2, -0.15) is 0 Å². The lowest BCUT2D eigenvalue weighted by molar-refractivity contribution is -0.423. The lowest BCUT2D eigenvalue weighted by Crippen LogP contribution is -2.69. The first-order valence-electron chi connectivity index (χ1n) is 25.2. The van der Waals surface area contributed by atoms with Crippen LogP contribution in [-0.4, -0.2) is 282 Å². The number of phenolic OH excluding ortho intramolecular Hbond substituents is 1. The zero-order chi connectivity index (χ0) is 59.0. The summed E-state index contributed by atoms with van der Waals surface area (Å²) in [5.41, 5.74) is 0.268. The van der Waals surface area contributed by atoms with Gasteiger partial charge >= 0.3 is 23.9 Å². The summed E-state index contributed by atoms with van der Waals surface area (Å²) in [7, 11) is 0. The minimum absolute atomic E-state index is 0.0935. The van der Waals surface area contributed by atoms with Crippen LogP contribution in [0.25, 0.3) is 6.08 Å². The Balaban J connectivity index is 1.35. The molecule has 0 amide bonds. The first-order chi connectivity index (χ1) is 38.5. The van der Waals surface area contributed by atoms with Crippen LogP contribution in [0.15, 0.2) is 60.7 Å². The van der Waals surface area contributed by atoms with Crippen LogP contribution in [0.1, 0.15) is 29.8 Å². The van der Waals surface area contributed by atoms with Gasteiger partial charge in [0.05, 0.1) is 32.0 Å². The van der Waals surface area contributed by atoms with Crippen LogP contribution in [-0.2, 0) is 76.0 Å². The monoisotopic (exact) mass is 1160 g/mol. The number of rotatable bonds is 21. The van der Waals surface area contributed by atoms with Crippen LogP contribution < -0.4 is 0 Å². The second-order valence-corrected chi connectivity index (χ2v) is 19.3. The number of carbonyl (C=O) groups excluding carboxylic acids is 4. The van der Waals surface area contributed by atoms with Gasteiger partial charge in [0.1, 0.15) is 123 Å². The molecular formula is C50H66O31. The van der Waals surface area contributed by atoms with Crippen LogP contribution >= 0.6 is 0 Å². The maximum atomic E-state index is 13.9. The Morgan fingerprint density at radius 3 is 1.60 bits per heavy atom. The van der Waals surface area contributed by atoms with E-state index in [9.17, 15) is 90.7 Å². The molecule has 24 atom stereocenters. The van der Waals surface area contributed by atoms with Gasteiger partial charge in [-0.25, -0.2) is 9.59 Å². The molecule has 5 aliphatic rings. The summed E-state index contributed by atoms with van der Waals surface area (Å²) in [6.07, 6.45) is -45.7. The summed E-state index contributed by atoms with van der Waals surface area (Å²) < 4.78 is 76.4. The van der Waals surface area contributed by atoms with Crippen molar-refractivity contribution < 1.29 is 152 Å². The largest absolute Gasteiger partial charge is 0.508 e. The lowest BCUT2D eigenvalue weighted by atomic mass is 9.95. The van der Waals surface area contributed by atoms with Crippen molar-refractivity contribution in [3.63, 3.8) is 0 Å². The molecule has 2 aromatic carbocycles. The molecule has 0 bridgehead atoms. The van der Waals surface area contributed by atoms with Gasteiger partial charge in [-0.3, -0.25) is 9.59 Å². The van der Waals surface area contributed by atoms with Gasteiger partial charge in [-0.1, -0.05) is 30.3 Å². The van der Waals surface area contributed by atoms with E-state index in [1.807, 2.05) is 0 Å². The standard InChI is InChI=1S/C50H66O31/c1-20(55)69-18-29-33(61)41(76-46-37(65)35(63)31(59)25(14-51)72-46)39(67)48(75-29)77-42-40(71-21(2)56)28(17-54)74-49(43(42)78-47-38(66)36(64)32(60)26(15-52)73-47)81-50(19-70-30(58)13-10-22-8-11-24(57)12-9-22)44(34(62)27(16-53)80-50)79-45(68)23-6-4-3-5-7-23/h3-13,25-29,31-44,46-49,51-54,57,59-67H,14-19H2,1-2H3/b13-10+/t25-,26-,27-,28-,29-,31-,32-,33-,34-,35+,36+,37-,38-,39-,40-,41+,42+,43-,44+,46-,47+,48-,49-,50+/m1/s1. The van der Waals surface area contributed by atoms with Crippen molar-refractivity contribution in [2.45, 2.75) is 161 Å². The maximum Gasteiger partial charge on any atom is 0.338 e. The number of aliphatic hydroxyl groups is 13. The average molecular weight is 1160 g/mol. The van der Waals surface area contributed by atoms with Crippen LogP contribution in [0.3, 0.4) is 0 Å². The normalized spacial score (nSPS) is 39.9. The summed E-state index contributed by atoms with van der Waals surface area (Å²) in [6, 6.07) is 12.6. The molecule has 31 nitrogen and oxygen atoms in total.